The number of nitrogens with two attached hydrogens (primary N) is 1. The van der Waals surface area contributed by atoms with Gasteiger partial charge < -0.3 is 10.3 Å². The average Bonchev–Trinajstić information content (AvgIpc) is 2.81. The predicted molar refractivity (Wildman–Crippen MR) is 79.0 cm³/mol. The molecule has 0 aliphatic rings. The zero-order valence-corrected chi connectivity index (χ0v) is 11.3. The minimum absolute atomic E-state index is 0.218. The standard InChI is InChI=1S/C16H16FN3/c1-2-15-19-16-13(18)4-3-5-14(16)20(15)10-11-6-8-12(17)9-7-11/h3-9H,2,10,18H2,1H3. The van der Waals surface area contributed by atoms with Crippen molar-refractivity contribution < 1.29 is 4.39 Å². The molecule has 0 fully saturated rings. The lowest BCUT2D eigenvalue weighted by Gasteiger charge is -2.08. The first-order valence-electron chi connectivity index (χ1n) is 6.67. The van der Waals surface area contributed by atoms with Crippen LogP contribution in [0.15, 0.2) is 42.5 Å². The molecule has 0 amide bonds. The van der Waals surface area contributed by atoms with Crippen LogP contribution in [0.1, 0.15) is 18.3 Å². The molecule has 1 heterocycles. The Kier molecular flexibility index (Phi) is 3.14. The highest BCUT2D eigenvalue weighted by Gasteiger charge is 2.11. The number of aryl methyl sites for hydroxylation is 1. The highest BCUT2D eigenvalue weighted by molar-refractivity contribution is 5.87. The lowest BCUT2D eigenvalue weighted by molar-refractivity contribution is 0.626. The van der Waals surface area contributed by atoms with E-state index in [4.69, 9.17) is 5.73 Å². The fraction of sp³-hybridized carbons (Fsp3) is 0.188. The fourth-order valence-corrected chi connectivity index (χ4v) is 2.44. The minimum Gasteiger partial charge on any atom is -0.397 e. The smallest absolute Gasteiger partial charge is 0.123 e. The number of halogens is 1. The van der Waals surface area contributed by atoms with Gasteiger partial charge in [-0.3, -0.25) is 0 Å². The molecule has 0 bridgehead atoms. The van der Waals surface area contributed by atoms with Gasteiger partial charge in [0.05, 0.1) is 11.2 Å². The molecule has 4 heteroatoms. The van der Waals surface area contributed by atoms with E-state index in [1.54, 1.807) is 12.1 Å². The highest BCUT2D eigenvalue weighted by Crippen LogP contribution is 2.23. The molecule has 0 radical (unpaired) electrons. The Morgan fingerprint density at radius 3 is 2.60 bits per heavy atom. The maximum absolute atomic E-state index is 13.0. The second-order valence-corrected chi connectivity index (χ2v) is 4.81. The zero-order valence-electron chi connectivity index (χ0n) is 11.3. The van der Waals surface area contributed by atoms with E-state index >= 15 is 0 Å². The van der Waals surface area contributed by atoms with Crippen LogP contribution in [-0.2, 0) is 13.0 Å². The van der Waals surface area contributed by atoms with Crippen molar-refractivity contribution in [3.05, 3.63) is 59.7 Å². The van der Waals surface area contributed by atoms with Crippen LogP contribution >= 0.6 is 0 Å². The summed E-state index contributed by atoms with van der Waals surface area (Å²) in [5, 5.41) is 0. The molecular formula is C16H16FN3. The molecule has 0 unspecified atom stereocenters. The Labute approximate surface area is 116 Å². The van der Waals surface area contributed by atoms with Crippen molar-refractivity contribution in [1.82, 2.24) is 9.55 Å². The van der Waals surface area contributed by atoms with E-state index in [0.717, 1.165) is 28.8 Å². The molecule has 0 aliphatic heterocycles. The summed E-state index contributed by atoms with van der Waals surface area (Å²) >= 11 is 0. The first kappa shape index (κ1) is 12.7. The Hall–Kier alpha value is -2.36. The van der Waals surface area contributed by atoms with E-state index in [0.29, 0.717) is 12.2 Å². The van der Waals surface area contributed by atoms with Crippen LogP contribution in [0.5, 0.6) is 0 Å². The maximum atomic E-state index is 13.0. The van der Waals surface area contributed by atoms with E-state index in [1.165, 1.54) is 12.1 Å². The number of imidazole rings is 1. The zero-order chi connectivity index (χ0) is 14.1. The van der Waals surface area contributed by atoms with Crippen molar-refractivity contribution in [2.75, 3.05) is 5.73 Å². The number of fused-ring (bicyclic) bond motifs is 1. The first-order chi connectivity index (χ1) is 9.69. The van der Waals surface area contributed by atoms with Gasteiger partial charge >= 0.3 is 0 Å². The third-order valence-electron chi connectivity index (χ3n) is 3.46. The summed E-state index contributed by atoms with van der Waals surface area (Å²) in [4.78, 5) is 4.61. The number of para-hydroxylation sites is 1. The van der Waals surface area contributed by atoms with E-state index in [9.17, 15) is 4.39 Å². The van der Waals surface area contributed by atoms with Crippen LogP contribution < -0.4 is 5.73 Å². The topological polar surface area (TPSA) is 43.8 Å². The van der Waals surface area contributed by atoms with Crippen molar-refractivity contribution in [1.29, 1.82) is 0 Å². The Morgan fingerprint density at radius 1 is 1.15 bits per heavy atom. The van der Waals surface area contributed by atoms with Crippen LogP contribution in [0.25, 0.3) is 11.0 Å². The summed E-state index contributed by atoms with van der Waals surface area (Å²) in [6.45, 7) is 2.74. The van der Waals surface area contributed by atoms with Gasteiger partial charge in [0.25, 0.3) is 0 Å². The Morgan fingerprint density at radius 2 is 1.90 bits per heavy atom. The Balaban J connectivity index is 2.10. The van der Waals surface area contributed by atoms with Gasteiger partial charge in [0.15, 0.2) is 0 Å². The number of aromatic nitrogens is 2. The molecule has 3 nitrogen and oxygen atoms in total. The van der Waals surface area contributed by atoms with Gasteiger partial charge in [-0.15, -0.1) is 0 Å². The second-order valence-electron chi connectivity index (χ2n) is 4.81. The summed E-state index contributed by atoms with van der Waals surface area (Å²) in [6.07, 6.45) is 0.829. The molecule has 3 aromatic rings. The van der Waals surface area contributed by atoms with Crippen molar-refractivity contribution >= 4 is 16.7 Å². The quantitative estimate of drug-likeness (QED) is 0.741. The van der Waals surface area contributed by atoms with Crippen molar-refractivity contribution in [3.63, 3.8) is 0 Å². The summed E-state index contributed by atoms with van der Waals surface area (Å²) in [7, 11) is 0. The third-order valence-corrected chi connectivity index (χ3v) is 3.46. The highest BCUT2D eigenvalue weighted by atomic mass is 19.1. The molecule has 102 valence electrons. The number of hydrogen-bond acceptors (Lipinski definition) is 2. The van der Waals surface area contributed by atoms with E-state index in [-0.39, 0.29) is 5.82 Å². The van der Waals surface area contributed by atoms with Gasteiger partial charge in [-0.05, 0) is 29.8 Å². The van der Waals surface area contributed by atoms with Crippen LogP contribution in [0.4, 0.5) is 10.1 Å². The summed E-state index contributed by atoms with van der Waals surface area (Å²) in [5.41, 5.74) is 9.57. The number of rotatable bonds is 3. The van der Waals surface area contributed by atoms with Gasteiger partial charge in [-0.25, -0.2) is 9.37 Å². The Bertz CT molecular complexity index is 744. The molecule has 3 rings (SSSR count). The number of nitrogens with zero attached hydrogens (tertiary/aromatic N) is 2. The molecule has 0 saturated heterocycles. The minimum atomic E-state index is -0.218. The maximum Gasteiger partial charge on any atom is 0.123 e. The first-order valence-corrected chi connectivity index (χ1v) is 6.67. The van der Waals surface area contributed by atoms with Gasteiger partial charge in [-0.1, -0.05) is 25.1 Å². The lowest BCUT2D eigenvalue weighted by atomic mass is 10.2. The lowest BCUT2D eigenvalue weighted by Crippen LogP contribution is -2.04. The third kappa shape index (κ3) is 2.13. The van der Waals surface area contributed by atoms with Crippen molar-refractivity contribution in [2.24, 2.45) is 0 Å². The van der Waals surface area contributed by atoms with Crippen LogP contribution in [-0.4, -0.2) is 9.55 Å². The monoisotopic (exact) mass is 269 g/mol. The number of benzene rings is 2. The number of nitrogen functional groups attached to an aromatic ring is 1. The van der Waals surface area contributed by atoms with Gasteiger partial charge in [0, 0.05) is 13.0 Å². The van der Waals surface area contributed by atoms with E-state index in [2.05, 4.69) is 16.5 Å². The molecule has 0 aliphatic carbocycles. The molecule has 20 heavy (non-hydrogen) atoms. The largest absolute Gasteiger partial charge is 0.397 e. The van der Waals surface area contributed by atoms with Gasteiger partial charge in [0.2, 0.25) is 0 Å². The van der Waals surface area contributed by atoms with Gasteiger partial charge in [-0.2, -0.15) is 0 Å². The molecular weight excluding hydrogens is 253 g/mol. The molecule has 0 spiro atoms. The molecule has 1 aromatic heterocycles. The van der Waals surface area contributed by atoms with Crippen LogP contribution in [0.3, 0.4) is 0 Å². The summed E-state index contributed by atoms with van der Waals surface area (Å²) in [6, 6.07) is 12.4. The molecule has 2 N–H and O–H groups in total. The van der Waals surface area contributed by atoms with Crippen molar-refractivity contribution in [3.8, 4) is 0 Å². The second kappa shape index (κ2) is 4.96. The van der Waals surface area contributed by atoms with Crippen LogP contribution in [0, 0.1) is 5.82 Å². The molecule has 0 saturated carbocycles. The summed E-state index contributed by atoms with van der Waals surface area (Å²) < 4.78 is 15.1. The van der Waals surface area contributed by atoms with E-state index < -0.39 is 0 Å². The van der Waals surface area contributed by atoms with Crippen LogP contribution in [0.2, 0.25) is 0 Å². The number of hydrogen-bond donors (Lipinski definition) is 1. The van der Waals surface area contributed by atoms with E-state index in [1.807, 2.05) is 18.2 Å². The molecule has 2 aromatic carbocycles. The number of anilines is 1. The predicted octanol–water partition coefficient (Wildman–Crippen LogP) is 3.37. The molecule has 0 atom stereocenters. The van der Waals surface area contributed by atoms with Gasteiger partial charge in [0.1, 0.15) is 17.2 Å². The fourth-order valence-electron chi connectivity index (χ4n) is 2.44. The van der Waals surface area contributed by atoms with Crippen molar-refractivity contribution in [2.45, 2.75) is 19.9 Å². The normalized spacial score (nSPS) is 11.1. The average molecular weight is 269 g/mol. The SMILES string of the molecule is CCc1nc2c(N)cccc2n1Cc1ccc(F)cc1. The summed E-state index contributed by atoms with van der Waals surface area (Å²) in [5.74, 6) is 0.770.